The molecule has 0 bridgehead atoms. The predicted molar refractivity (Wildman–Crippen MR) is 119 cm³/mol. The second-order valence-electron chi connectivity index (χ2n) is 7.18. The Kier molecular flexibility index (Phi) is 6.26. The maximum Gasteiger partial charge on any atom is 0.339 e. The van der Waals surface area contributed by atoms with Crippen LogP contribution in [0.25, 0.3) is 0 Å². The molecule has 1 heterocycles. The Hall–Kier alpha value is -3.55. The minimum absolute atomic E-state index is 0.138. The number of benzene rings is 3. The largest absolute Gasteiger partial charge is 0.453 e. The van der Waals surface area contributed by atoms with Crippen LogP contribution >= 0.6 is 23.2 Å². The fourth-order valence-electron chi connectivity index (χ4n) is 3.55. The molecule has 0 aliphatic carbocycles. The highest BCUT2D eigenvalue weighted by Gasteiger charge is 2.46. The minimum Gasteiger partial charge on any atom is -0.453 e. The van der Waals surface area contributed by atoms with Crippen LogP contribution in [0.5, 0.6) is 0 Å². The number of amides is 1. The molecule has 0 spiro atoms. The van der Waals surface area contributed by atoms with E-state index in [0.29, 0.717) is 0 Å². The van der Waals surface area contributed by atoms with E-state index in [-0.39, 0.29) is 26.9 Å². The molecule has 2 atom stereocenters. The van der Waals surface area contributed by atoms with E-state index >= 15 is 0 Å². The van der Waals surface area contributed by atoms with Gasteiger partial charge in [-0.2, -0.15) is 0 Å². The zero-order valence-electron chi connectivity index (χ0n) is 16.7. The summed E-state index contributed by atoms with van der Waals surface area (Å²) < 4.78 is 19.7. The molecule has 0 radical (unpaired) electrons. The third kappa shape index (κ3) is 4.37. The van der Waals surface area contributed by atoms with E-state index in [4.69, 9.17) is 27.9 Å². The van der Waals surface area contributed by atoms with Crippen LogP contribution in [0.4, 0.5) is 10.1 Å². The Balaban J connectivity index is 1.72. The number of carbonyl (C=O) groups excluding carboxylic acids is 4. The number of esters is 1. The van der Waals surface area contributed by atoms with Crippen LogP contribution in [0.3, 0.4) is 0 Å². The Bertz CT molecular complexity index is 1310. The number of halogens is 3. The van der Waals surface area contributed by atoms with Crippen molar-refractivity contribution in [3.05, 3.63) is 99.3 Å². The lowest BCUT2D eigenvalue weighted by atomic mass is 9.84. The van der Waals surface area contributed by atoms with E-state index in [0.717, 1.165) is 6.07 Å². The molecule has 6 nitrogen and oxygen atoms in total. The van der Waals surface area contributed by atoms with Crippen LogP contribution in [0.15, 0.2) is 66.7 Å². The average Bonchev–Trinajstić information content (AvgIpc) is 3.13. The molecule has 1 amide bonds. The molecule has 3 aromatic carbocycles. The fourth-order valence-corrected chi connectivity index (χ4v) is 3.85. The first-order valence-corrected chi connectivity index (χ1v) is 10.4. The van der Waals surface area contributed by atoms with Gasteiger partial charge in [0.2, 0.25) is 5.78 Å². The van der Waals surface area contributed by atoms with Crippen LogP contribution in [0, 0.1) is 11.7 Å². The van der Waals surface area contributed by atoms with Gasteiger partial charge in [-0.1, -0.05) is 53.5 Å². The van der Waals surface area contributed by atoms with Gasteiger partial charge in [-0.15, -0.1) is 0 Å². The first-order chi connectivity index (χ1) is 15.8. The maximum absolute atomic E-state index is 14.4. The summed E-state index contributed by atoms with van der Waals surface area (Å²) in [6.07, 6.45) is -1.40. The topological polar surface area (TPSA) is 89.5 Å². The summed E-state index contributed by atoms with van der Waals surface area (Å²) in [6, 6.07) is 15.4. The number of ether oxygens (including phenoxy) is 1. The molecular weight excluding hydrogens is 472 g/mol. The van der Waals surface area contributed by atoms with Gasteiger partial charge in [-0.05, 0) is 36.4 Å². The lowest BCUT2D eigenvalue weighted by Crippen LogP contribution is -2.38. The molecule has 1 aliphatic rings. The number of Topliss-reactive ketones (excluding diaryl/α,β-unsaturated/α-hetero) is 2. The van der Waals surface area contributed by atoms with Crippen molar-refractivity contribution in [2.24, 2.45) is 5.92 Å². The van der Waals surface area contributed by atoms with Crippen LogP contribution in [0.1, 0.15) is 32.4 Å². The van der Waals surface area contributed by atoms with Gasteiger partial charge in [0.15, 0.2) is 5.78 Å². The van der Waals surface area contributed by atoms with Gasteiger partial charge >= 0.3 is 5.97 Å². The number of anilines is 1. The first kappa shape index (κ1) is 22.6. The van der Waals surface area contributed by atoms with E-state index < -0.39 is 46.8 Å². The Morgan fingerprint density at radius 3 is 2.36 bits per heavy atom. The highest BCUT2D eigenvalue weighted by molar-refractivity contribution is 6.46. The van der Waals surface area contributed by atoms with Crippen molar-refractivity contribution in [2.75, 3.05) is 5.32 Å². The molecule has 0 saturated heterocycles. The maximum atomic E-state index is 14.4. The average molecular weight is 486 g/mol. The first-order valence-electron chi connectivity index (χ1n) is 9.67. The molecule has 9 heteroatoms. The SMILES string of the molecule is O=C(Nc1ccc(Cl)c(Cl)c1)C(=O)[C@@H](C(=O)c1ccccc1F)[C@H]1OC(=O)c2ccccc21. The number of ketones is 2. The Morgan fingerprint density at radius 1 is 0.939 bits per heavy atom. The van der Waals surface area contributed by atoms with Gasteiger partial charge in [-0.3, -0.25) is 14.4 Å². The van der Waals surface area contributed by atoms with E-state index in [9.17, 15) is 23.6 Å². The number of carbonyl (C=O) groups is 4. The van der Waals surface area contributed by atoms with Gasteiger partial charge in [0.05, 0.1) is 21.2 Å². The predicted octanol–water partition coefficient (Wildman–Crippen LogP) is 5.05. The number of rotatable bonds is 6. The lowest BCUT2D eigenvalue weighted by Gasteiger charge is -2.21. The standard InChI is InChI=1S/C24H14Cl2FNO5/c25-16-10-9-12(11-17(16)26)28-23(31)21(30)19(20(29)15-7-3-4-8-18(15)27)22-13-5-1-2-6-14(13)24(32)33-22/h1-11,19,22H,(H,28,31)/t19-,22+/m1/s1. The fraction of sp³-hybridized carbons (Fsp3) is 0.0833. The van der Waals surface area contributed by atoms with Gasteiger partial charge in [0.1, 0.15) is 17.8 Å². The molecule has 1 aliphatic heterocycles. The monoisotopic (exact) mass is 485 g/mol. The van der Waals surface area contributed by atoms with Gasteiger partial charge in [-0.25, -0.2) is 9.18 Å². The van der Waals surface area contributed by atoms with Gasteiger partial charge in [0, 0.05) is 11.3 Å². The third-order valence-corrected chi connectivity index (χ3v) is 5.87. The zero-order chi connectivity index (χ0) is 23.7. The quantitative estimate of drug-likeness (QED) is 0.228. The second kappa shape index (κ2) is 9.13. The molecule has 0 unspecified atom stereocenters. The summed E-state index contributed by atoms with van der Waals surface area (Å²) in [7, 11) is 0. The molecule has 0 saturated carbocycles. The van der Waals surface area contributed by atoms with Crippen LogP contribution in [-0.2, 0) is 14.3 Å². The molecule has 166 valence electrons. The molecule has 4 rings (SSSR count). The summed E-state index contributed by atoms with van der Waals surface area (Å²) in [4.78, 5) is 51.6. The summed E-state index contributed by atoms with van der Waals surface area (Å²) in [5, 5.41) is 2.73. The minimum atomic E-state index is -1.81. The molecule has 3 aromatic rings. The van der Waals surface area contributed by atoms with Gasteiger partial charge < -0.3 is 10.1 Å². The van der Waals surface area contributed by atoms with E-state index in [1.165, 1.54) is 48.5 Å². The number of hydrogen-bond acceptors (Lipinski definition) is 5. The normalized spacial score (nSPS) is 15.4. The summed E-state index contributed by atoms with van der Waals surface area (Å²) >= 11 is 11.8. The van der Waals surface area contributed by atoms with E-state index in [2.05, 4.69) is 5.32 Å². The van der Waals surface area contributed by atoms with Crippen molar-refractivity contribution in [3.63, 3.8) is 0 Å². The van der Waals surface area contributed by atoms with Crippen molar-refractivity contribution in [2.45, 2.75) is 6.10 Å². The molecule has 33 heavy (non-hydrogen) atoms. The zero-order valence-corrected chi connectivity index (χ0v) is 18.2. The summed E-state index contributed by atoms with van der Waals surface area (Å²) in [6.45, 7) is 0. The number of cyclic esters (lactones) is 1. The summed E-state index contributed by atoms with van der Waals surface area (Å²) in [5.41, 5.74) is 0.168. The highest BCUT2D eigenvalue weighted by atomic mass is 35.5. The molecular formula is C24H14Cl2FNO5. The number of fused-ring (bicyclic) bond motifs is 1. The molecule has 1 N–H and O–H groups in total. The number of nitrogens with one attached hydrogen (secondary N) is 1. The van der Waals surface area contributed by atoms with Crippen molar-refractivity contribution < 1.29 is 28.3 Å². The van der Waals surface area contributed by atoms with Crippen LogP contribution < -0.4 is 5.32 Å². The Morgan fingerprint density at radius 2 is 1.64 bits per heavy atom. The van der Waals surface area contributed by atoms with Crippen molar-refractivity contribution in [1.29, 1.82) is 0 Å². The lowest BCUT2D eigenvalue weighted by molar-refractivity contribution is -0.138. The van der Waals surface area contributed by atoms with Crippen LogP contribution in [0.2, 0.25) is 10.0 Å². The molecule has 0 fully saturated rings. The van der Waals surface area contributed by atoms with Gasteiger partial charge in [0.25, 0.3) is 5.91 Å². The highest BCUT2D eigenvalue weighted by Crippen LogP contribution is 2.38. The van der Waals surface area contributed by atoms with E-state index in [1.54, 1.807) is 12.1 Å². The van der Waals surface area contributed by atoms with Crippen molar-refractivity contribution in [3.8, 4) is 0 Å². The van der Waals surface area contributed by atoms with E-state index in [1.807, 2.05) is 0 Å². The summed E-state index contributed by atoms with van der Waals surface area (Å²) in [5.74, 6) is -6.79. The number of hydrogen-bond donors (Lipinski definition) is 1. The Labute approximate surface area is 197 Å². The van der Waals surface area contributed by atoms with Crippen molar-refractivity contribution >= 4 is 52.3 Å². The van der Waals surface area contributed by atoms with Crippen molar-refractivity contribution in [1.82, 2.24) is 0 Å². The third-order valence-electron chi connectivity index (χ3n) is 5.13. The second-order valence-corrected chi connectivity index (χ2v) is 8.00. The van der Waals surface area contributed by atoms with Crippen LogP contribution in [-0.4, -0.2) is 23.4 Å². The smallest absolute Gasteiger partial charge is 0.339 e. The molecule has 0 aromatic heterocycles.